The molecule has 1 atom stereocenters. The minimum atomic E-state index is -0.537. The molecule has 1 amide bonds. The molecule has 0 aromatic rings. The van der Waals surface area contributed by atoms with E-state index in [-0.39, 0.29) is 11.8 Å². The average Bonchev–Trinajstić information content (AvgIpc) is 2.52. The molecule has 2 fully saturated rings. The van der Waals surface area contributed by atoms with Crippen LogP contribution in [0.15, 0.2) is 0 Å². The highest BCUT2D eigenvalue weighted by Gasteiger charge is 2.36. The van der Waals surface area contributed by atoms with Gasteiger partial charge in [0.15, 0.2) is 0 Å². The maximum absolute atomic E-state index is 11.4. The Balaban J connectivity index is 1.91. The molecule has 80 valence electrons. The zero-order valence-corrected chi connectivity index (χ0v) is 8.59. The van der Waals surface area contributed by atoms with Gasteiger partial charge in [0.2, 0.25) is 5.91 Å². The van der Waals surface area contributed by atoms with Gasteiger partial charge >= 0.3 is 0 Å². The summed E-state index contributed by atoms with van der Waals surface area (Å²) in [6, 6.07) is 0. The van der Waals surface area contributed by atoms with E-state index in [0.717, 1.165) is 38.6 Å². The monoisotopic (exact) mass is 197 g/mol. The second-order valence-corrected chi connectivity index (χ2v) is 4.77. The van der Waals surface area contributed by atoms with E-state index in [0.29, 0.717) is 6.42 Å². The van der Waals surface area contributed by atoms with Crippen molar-refractivity contribution in [2.45, 2.75) is 50.5 Å². The van der Waals surface area contributed by atoms with Crippen molar-refractivity contribution < 1.29 is 9.90 Å². The lowest BCUT2D eigenvalue weighted by Gasteiger charge is -2.33. The molecule has 2 N–H and O–H groups in total. The number of hydrogen-bond donors (Lipinski definition) is 2. The Morgan fingerprint density at radius 3 is 2.64 bits per heavy atom. The van der Waals surface area contributed by atoms with Gasteiger partial charge in [0.25, 0.3) is 0 Å². The molecule has 0 radical (unpaired) electrons. The van der Waals surface area contributed by atoms with Crippen molar-refractivity contribution in [1.82, 2.24) is 5.32 Å². The van der Waals surface area contributed by atoms with Crippen LogP contribution in [-0.4, -0.2) is 23.2 Å². The Bertz CT molecular complexity index is 221. The molecule has 1 heterocycles. The summed E-state index contributed by atoms with van der Waals surface area (Å²) in [6.07, 6.45) is 6.82. The molecule has 14 heavy (non-hydrogen) atoms. The molecule has 0 aromatic heterocycles. The maximum atomic E-state index is 11.4. The molecular formula is C11H19NO2. The van der Waals surface area contributed by atoms with Crippen LogP contribution in [-0.2, 0) is 4.79 Å². The fraction of sp³-hybridized carbons (Fsp3) is 0.909. The van der Waals surface area contributed by atoms with Gasteiger partial charge in [0, 0.05) is 12.5 Å². The second-order valence-electron chi connectivity index (χ2n) is 4.77. The fourth-order valence-electron chi connectivity index (χ4n) is 2.71. The predicted molar refractivity (Wildman–Crippen MR) is 53.8 cm³/mol. The highest BCUT2D eigenvalue weighted by atomic mass is 16.3. The standard InChI is InChI=1S/C11H19NO2/c13-10-9(4-7-12-10)8-11(14)5-2-1-3-6-11/h9,14H,1-8H2,(H,12,13). The van der Waals surface area contributed by atoms with Crippen molar-refractivity contribution in [3.63, 3.8) is 0 Å². The van der Waals surface area contributed by atoms with Crippen molar-refractivity contribution in [1.29, 1.82) is 0 Å². The van der Waals surface area contributed by atoms with E-state index in [2.05, 4.69) is 5.32 Å². The van der Waals surface area contributed by atoms with E-state index >= 15 is 0 Å². The Morgan fingerprint density at radius 2 is 2.07 bits per heavy atom. The fourth-order valence-corrected chi connectivity index (χ4v) is 2.71. The average molecular weight is 197 g/mol. The second kappa shape index (κ2) is 3.89. The third-order valence-electron chi connectivity index (χ3n) is 3.57. The van der Waals surface area contributed by atoms with Gasteiger partial charge in [-0.3, -0.25) is 4.79 Å². The van der Waals surface area contributed by atoms with Crippen LogP contribution in [0.2, 0.25) is 0 Å². The summed E-state index contributed by atoms with van der Waals surface area (Å²) in [7, 11) is 0. The molecule has 3 nitrogen and oxygen atoms in total. The van der Waals surface area contributed by atoms with Gasteiger partial charge in [-0.15, -0.1) is 0 Å². The quantitative estimate of drug-likeness (QED) is 0.699. The van der Waals surface area contributed by atoms with Crippen LogP contribution in [0.5, 0.6) is 0 Å². The van der Waals surface area contributed by atoms with Crippen LogP contribution in [0.25, 0.3) is 0 Å². The molecule has 3 heteroatoms. The summed E-state index contributed by atoms with van der Waals surface area (Å²) >= 11 is 0. The molecule has 1 saturated carbocycles. The predicted octanol–water partition coefficient (Wildman–Crippen LogP) is 1.21. The first-order chi connectivity index (χ1) is 6.70. The summed E-state index contributed by atoms with van der Waals surface area (Å²) < 4.78 is 0. The maximum Gasteiger partial charge on any atom is 0.223 e. The van der Waals surface area contributed by atoms with Gasteiger partial charge < -0.3 is 10.4 Å². The largest absolute Gasteiger partial charge is 0.390 e. The smallest absolute Gasteiger partial charge is 0.223 e. The molecule has 1 aliphatic heterocycles. The molecular weight excluding hydrogens is 178 g/mol. The third-order valence-corrected chi connectivity index (χ3v) is 3.57. The molecule has 1 unspecified atom stereocenters. The topological polar surface area (TPSA) is 49.3 Å². The van der Waals surface area contributed by atoms with E-state index in [1.54, 1.807) is 0 Å². The van der Waals surface area contributed by atoms with Crippen LogP contribution < -0.4 is 5.32 Å². The molecule has 0 bridgehead atoms. The van der Waals surface area contributed by atoms with E-state index in [4.69, 9.17) is 0 Å². The van der Waals surface area contributed by atoms with Gasteiger partial charge in [0.1, 0.15) is 0 Å². The third kappa shape index (κ3) is 2.08. The summed E-state index contributed by atoms with van der Waals surface area (Å²) in [6.45, 7) is 0.791. The lowest BCUT2D eigenvalue weighted by atomic mass is 9.78. The number of carbonyl (C=O) groups excluding carboxylic acids is 1. The number of hydrogen-bond acceptors (Lipinski definition) is 2. The zero-order chi connectivity index (χ0) is 10.0. The first-order valence-corrected chi connectivity index (χ1v) is 5.70. The van der Waals surface area contributed by atoms with Gasteiger partial charge in [-0.25, -0.2) is 0 Å². The molecule has 1 aliphatic carbocycles. The number of amides is 1. The minimum absolute atomic E-state index is 0.0677. The number of aliphatic hydroxyl groups is 1. The van der Waals surface area contributed by atoms with Crippen molar-refractivity contribution in [3.05, 3.63) is 0 Å². The lowest BCUT2D eigenvalue weighted by molar-refractivity contribution is -0.125. The Morgan fingerprint density at radius 1 is 1.36 bits per heavy atom. The zero-order valence-electron chi connectivity index (χ0n) is 8.59. The molecule has 0 spiro atoms. The Kier molecular flexibility index (Phi) is 2.77. The van der Waals surface area contributed by atoms with Gasteiger partial charge in [-0.1, -0.05) is 19.3 Å². The van der Waals surface area contributed by atoms with Crippen molar-refractivity contribution in [2.24, 2.45) is 5.92 Å². The van der Waals surface area contributed by atoms with Crippen LogP contribution in [0.1, 0.15) is 44.9 Å². The van der Waals surface area contributed by atoms with Crippen LogP contribution >= 0.6 is 0 Å². The highest BCUT2D eigenvalue weighted by Crippen LogP contribution is 2.34. The van der Waals surface area contributed by atoms with Crippen LogP contribution in [0.3, 0.4) is 0 Å². The van der Waals surface area contributed by atoms with Gasteiger partial charge in [-0.05, 0) is 25.7 Å². The first kappa shape index (κ1) is 9.97. The minimum Gasteiger partial charge on any atom is -0.390 e. The Labute approximate surface area is 84.9 Å². The van der Waals surface area contributed by atoms with Crippen LogP contribution in [0, 0.1) is 5.92 Å². The molecule has 1 saturated heterocycles. The SMILES string of the molecule is O=C1NCCC1CC1(O)CCCCC1. The van der Waals surface area contributed by atoms with Gasteiger partial charge in [0.05, 0.1) is 5.60 Å². The Hall–Kier alpha value is -0.570. The molecule has 2 aliphatic rings. The van der Waals surface area contributed by atoms with Crippen molar-refractivity contribution in [3.8, 4) is 0 Å². The van der Waals surface area contributed by atoms with E-state index in [1.165, 1.54) is 6.42 Å². The van der Waals surface area contributed by atoms with E-state index < -0.39 is 5.60 Å². The summed E-state index contributed by atoms with van der Waals surface area (Å²) in [5.74, 6) is 0.210. The summed E-state index contributed by atoms with van der Waals surface area (Å²) in [5.41, 5.74) is -0.537. The molecule has 2 rings (SSSR count). The number of rotatable bonds is 2. The molecule has 0 aromatic carbocycles. The van der Waals surface area contributed by atoms with E-state index in [1.807, 2.05) is 0 Å². The van der Waals surface area contributed by atoms with E-state index in [9.17, 15) is 9.90 Å². The summed E-state index contributed by atoms with van der Waals surface area (Å²) in [5, 5.41) is 13.1. The van der Waals surface area contributed by atoms with Crippen LogP contribution in [0.4, 0.5) is 0 Å². The number of carbonyl (C=O) groups is 1. The van der Waals surface area contributed by atoms with Gasteiger partial charge in [-0.2, -0.15) is 0 Å². The normalized spacial score (nSPS) is 31.5. The first-order valence-electron chi connectivity index (χ1n) is 5.70. The summed E-state index contributed by atoms with van der Waals surface area (Å²) in [4.78, 5) is 11.4. The van der Waals surface area contributed by atoms with Crippen molar-refractivity contribution >= 4 is 5.91 Å². The van der Waals surface area contributed by atoms with Crippen molar-refractivity contribution in [2.75, 3.05) is 6.54 Å². The number of nitrogens with one attached hydrogen (secondary N) is 1. The highest BCUT2D eigenvalue weighted by molar-refractivity contribution is 5.80. The lowest BCUT2D eigenvalue weighted by Crippen LogP contribution is -2.35.